The highest BCUT2D eigenvalue weighted by molar-refractivity contribution is 8.00. The first-order chi connectivity index (χ1) is 12.8. The third kappa shape index (κ3) is 4.67. The van der Waals surface area contributed by atoms with Gasteiger partial charge in [-0.05, 0) is 42.8 Å². The van der Waals surface area contributed by atoms with E-state index in [2.05, 4.69) is 0 Å². The van der Waals surface area contributed by atoms with E-state index in [1.54, 1.807) is 19.1 Å². The summed E-state index contributed by atoms with van der Waals surface area (Å²) < 4.78 is 37.0. The van der Waals surface area contributed by atoms with Gasteiger partial charge in [0.2, 0.25) is 0 Å². The van der Waals surface area contributed by atoms with Crippen molar-refractivity contribution in [3.63, 3.8) is 0 Å². The molecular weight excluding hydrogens is 398 g/mol. The molecule has 0 aliphatic heterocycles. The molecule has 140 valence electrons. The molecule has 0 unspecified atom stereocenters. The maximum Gasteiger partial charge on any atom is 0.336 e. The lowest BCUT2D eigenvalue weighted by Gasteiger charge is -2.09. The summed E-state index contributed by atoms with van der Waals surface area (Å²) in [6, 6.07) is 7.48. The van der Waals surface area contributed by atoms with Gasteiger partial charge < -0.3 is 9.15 Å². The number of hydrogen-bond acceptors (Lipinski definition) is 5. The van der Waals surface area contributed by atoms with Crippen LogP contribution in [0, 0.1) is 18.6 Å². The van der Waals surface area contributed by atoms with Crippen LogP contribution in [0.1, 0.15) is 11.1 Å². The van der Waals surface area contributed by atoms with E-state index >= 15 is 0 Å². The predicted molar refractivity (Wildman–Crippen MR) is 99.1 cm³/mol. The van der Waals surface area contributed by atoms with E-state index in [1.807, 2.05) is 0 Å². The summed E-state index contributed by atoms with van der Waals surface area (Å²) in [4.78, 5) is 23.7. The predicted octanol–water partition coefficient (Wildman–Crippen LogP) is 4.87. The van der Waals surface area contributed by atoms with Crippen molar-refractivity contribution in [2.75, 3.05) is 5.75 Å². The molecule has 0 amide bonds. The van der Waals surface area contributed by atoms with Gasteiger partial charge in [-0.3, -0.25) is 4.79 Å². The molecule has 0 N–H and O–H groups in total. The van der Waals surface area contributed by atoms with Crippen molar-refractivity contribution in [3.8, 4) is 0 Å². The Balaban J connectivity index is 1.71. The van der Waals surface area contributed by atoms with E-state index in [0.717, 1.165) is 35.5 Å². The molecule has 1 heterocycles. The molecule has 2 aromatic carbocycles. The van der Waals surface area contributed by atoms with Gasteiger partial charge in [0.05, 0.1) is 5.75 Å². The van der Waals surface area contributed by atoms with Crippen LogP contribution in [0.15, 0.2) is 50.5 Å². The molecule has 3 aromatic rings. The lowest BCUT2D eigenvalue weighted by molar-refractivity contribution is -0.141. The van der Waals surface area contributed by atoms with Gasteiger partial charge in [0.25, 0.3) is 0 Å². The van der Waals surface area contributed by atoms with Crippen molar-refractivity contribution in [2.45, 2.75) is 18.4 Å². The van der Waals surface area contributed by atoms with Gasteiger partial charge >= 0.3 is 11.6 Å². The third-order valence-corrected chi connectivity index (χ3v) is 5.15. The van der Waals surface area contributed by atoms with Gasteiger partial charge in [-0.25, -0.2) is 13.6 Å². The van der Waals surface area contributed by atoms with Crippen molar-refractivity contribution < 1.29 is 22.7 Å². The number of aryl methyl sites for hydroxylation is 1. The molecule has 0 saturated heterocycles. The number of benzene rings is 2. The SMILES string of the molecule is Cc1cc2oc(=O)cc(COC(=O)CSc3cc(F)ccc3F)c2cc1Cl. The van der Waals surface area contributed by atoms with Crippen LogP contribution >= 0.6 is 23.4 Å². The summed E-state index contributed by atoms with van der Waals surface area (Å²) in [5, 5.41) is 1.04. The van der Waals surface area contributed by atoms with Crippen LogP contribution in [0.4, 0.5) is 8.78 Å². The minimum atomic E-state index is -0.636. The first kappa shape index (κ1) is 19.4. The number of rotatable bonds is 5. The van der Waals surface area contributed by atoms with Crippen LogP contribution in [0.5, 0.6) is 0 Å². The van der Waals surface area contributed by atoms with Crippen molar-refractivity contribution in [3.05, 3.63) is 74.6 Å². The van der Waals surface area contributed by atoms with Gasteiger partial charge in [0.1, 0.15) is 23.8 Å². The smallest absolute Gasteiger partial charge is 0.336 e. The molecule has 0 saturated carbocycles. The zero-order chi connectivity index (χ0) is 19.6. The first-order valence-corrected chi connectivity index (χ1v) is 9.16. The fourth-order valence-corrected chi connectivity index (χ4v) is 3.31. The second kappa shape index (κ2) is 8.10. The van der Waals surface area contributed by atoms with Gasteiger partial charge in [0.15, 0.2) is 0 Å². The van der Waals surface area contributed by atoms with Crippen molar-refractivity contribution >= 4 is 40.3 Å². The Morgan fingerprint density at radius 3 is 2.78 bits per heavy atom. The van der Waals surface area contributed by atoms with Crippen molar-refractivity contribution in [2.24, 2.45) is 0 Å². The lowest BCUT2D eigenvalue weighted by atomic mass is 10.1. The van der Waals surface area contributed by atoms with Gasteiger partial charge in [-0.2, -0.15) is 0 Å². The van der Waals surface area contributed by atoms with Crippen molar-refractivity contribution in [1.29, 1.82) is 0 Å². The molecule has 3 rings (SSSR count). The van der Waals surface area contributed by atoms with E-state index in [4.69, 9.17) is 20.8 Å². The molecule has 0 aliphatic rings. The Kier molecular flexibility index (Phi) is 5.82. The zero-order valence-corrected chi connectivity index (χ0v) is 15.6. The molecule has 0 spiro atoms. The molecule has 27 heavy (non-hydrogen) atoms. The highest BCUT2D eigenvalue weighted by Gasteiger charge is 2.12. The van der Waals surface area contributed by atoms with Gasteiger partial charge in [-0.15, -0.1) is 11.8 Å². The Morgan fingerprint density at radius 2 is 2.00 bits per heavy atom. The van der Waals surface area contributed by atoms with E-state index < -0.39 is 23.2 Å². The number of carbonyl (C=O) groups is 1. The third-order valence-electron chi connectivity index (χ3n) is 3.74. The molecule has 0 radical (unpaired) electrons. The lowest BCUT2D eigenvalue weighted by Crippen LogP contribution is -2.09. The van der Waals surface area contributed by atoms with Crippen LogP contribution in [-0.4, -0.2) is 11.7 Å². The van der Waals surface area contributed by atoms with E-state index in [1.165, 1.54) is 6.07 Å². The summed E-state index contributed by atoms with van der Waals surface area (Å²) in [6.45, 7) is 1.60. The molecule has 0 aliphatic carbocycles. The quantitative estimate of drug-likeness (QED) is 0.341. The van der Waals surface area contributed by atoms with E-state index in [-0.39, 0.29) is 17.3 Å². The number of esters is 1. The Bertz CT molecular complexity index is 1080. The molecular formula is C19H13ClF2O4S. The topological polar surface area (TPSA) is 56.5 Å². The van der Waals surface area contributed by atoms with Crippen LogP contribution in [-0.2, 0) is 16.1 Å². The minimum absolute atomic E-state index is 0.0139. The first-order valence-electron chi connectivity index (χ1n) is 7.80. The maximum atomic E-state index is 13.6. The molecule has 1 aromatic heterocycles. The summed E-state index contributed by atoms with van der Waals surface area (Å²) in [5.74, 6) is -2.06. The zero-order valence-electron chi connectivity index (χ0n) is 14.1. The number of fused-ring (bicyclic) bond motifs is 1. The highest BCUT2D eigenvalue weighted by Crippen LogP contribution is 2.26. The largest absolute Gasteiger partial charge is 0.460 e. The summed E-state index contributed by atoms with van der Waals surface area (Å²) in [7, 11) is 0. The Labute approximate surface area is 162 Å². The van der Waals surface area contributed by atoms with E-state index in [0.29, 0.717) is 21.6 Å². The fraction of sp³-hybridized carbons (Fsp3) is 0.158. The fourth-order valence-electron chi connectivity index (χ4n) is 2.39. The minimum Gasteiger partial charge on any atom is -0.460 e. The molecule has 4 nitrogen and oxygen atoms in total. The maximum absolute atomic E-state index is 13.6. The Morgan fingerprint density at radius 1 is 1.22 bits per heavy atom. The number of hydrogen-bond donors (Lipinski definition) is 0. The van der Waals surface area contributed by atoms with Gasteiger partial charge in [0, 0.05) is 26.9 Å². The summed E-state index contributed by atoms with van der Waals surface area (Å²) in [6.07, 6.45) is 0. The normalized spacial score (nSPS) is 11.0. The summed E-state index contributed by atoms with van der Waals surface area (Å²) >= 11 is 6.93. The second-order valence-corrected chi connectivity index (χ2v) is 7.14. The van der Waals surface area contributed by atoms with Gasteiger partial charge in [-0.1, -0.05) is 11.6 Å². The van der Waals surface area contributed by atoms with Crippen molar-refractivity contribution in [1.82, 2.24) is 0 Å². The highest BCUT2D eigenvalue weighted by atomic mass is 35.5. The molecule has 0 atom stereocenters. The van der Waals surface area contributed by atoms with Crippen LogP contribution in [0.2, 0.25) is 5.02 Å². The van der Waals surface area contributed by atoms with Crippen LogP contribution in [0.25, 0.3) is 11.0 Å². The van der Waals surface area contributed by atoms with E-state index in [9.17, 15) is 18.4 Å². The monoisotopic (exact) mass is 410 g/mol. The van der Waals surface area contributed by atoms with Crippen LogP contribution in [0.3, 0.4) is 0 Å². The second-order valence-electron chi connectivity index (χ2n) is 5.71. The van der Waals surface area contributed by atoms with Crippen LogP contribution < -0.4 is 5.63 Å². The summed E-state index contributed by atoms with van der Waals surface area (Å²) in [5.41, 5.74) is 0.951. The molecule has 8 heteroatoms. The number of ether oxygens (including phenoxy) is 1. The average Bonchev–Trinajstić information content (AvgIpc) is 2.62. The Hall–Kier alpha value is -2.38. The number of thioether (sulfide) groups is 1. The average molecular weight is 411 g/mol. The molecule has 0 bridgehead atoms. The molecule has 0 fully saturated rings. The standard InChI is InChI=1S/C19H13ClF2O4S/c1-10-4-16-13(7-14(10)20)11(5-18(23)26-16)8-25-19(24)9-27-17-6-12(21)2-3-15(17)22/h2-7H,8-9H2,1H3. The number of halogens is 3. The number of carbonyl (C=O) groups excluding carboxylic acids is 1.